The van der Waals surface area contributed by atoms with E-state index in [2.05, 4.69) is 12.2 Å². The smallest absolute Gasteiger partial charge is 0.0141 e. The summed E-state index contributed by atoms with van der Waals surface area (Å²) in [6, 6.07) is 0. The maximum atomic E-state index is 3.16. The number of allylic oxidation sites excluding steroid dienone is 1. The van der Waals surface area contributed by atoms with Crippen molar-refractivity contribution in [3.63, 3.8) is 0 Å². The first-order valence-corrected chi connectivity index (χ1v) is 3.26. The lowest BCUT2D eigenvalue weighted by molar-refractivity contribution is 0.734. The molecule has 0 radical (unpaired) electrons. The van der Waals surface area contributed by atoms with Gasteiger partial charge in [0, 0.05) is 6.54 Å². The van der Waals surface area contributed by atoms with Crippen LogP contribution in [-0.4, -0.2) is 6.54 Å². The normalized spacial score (nSPS) is 10.2. The van der Waals surface area contributed by atoms with E-state index in [1.807, 2.05) is 19.2 Å². The molecule has 0 bridgehead atoms. The molecule has 1 heteroatoms. The highest BCUT2D eigenvalue weighted by atomic mass is 14.8. The molecule has 48 valence electrons. The number of hydrogen-bond acceptors (Lipinski definition) is 1. The summed E-state index contributed by atoms with van der Waals surface area (Å²) in [6.07, 6.45) is 6.53. The average Bonchev–Trinajstić information content (AvgIpc) is 1.81. The van der Waals surface area contributed by atoms with Crippen LogP contribution in [0.4, 0.5) is 0 Å². The third-order valence-corrected chi connectivity index (χ3v) is 0.959. The van der Waals surface area contributed by atoms with E-state index in [0.717, 1.165) is 6.54 Å². The van der Waals surface area contributed by atoms with Crippen molar-refractivity contribution in [1.82, 2.24) is 5.32 Å². The molecule has 0 saturated carbocycles. The van der Waals surface area contributed by atoms with E-state index in [1.165, 1.54) is 12.8 Å². The molecule has 0 spiro atoms. The van der Waals surface area contributed by atoms with Crippen molar-refractivity contribution in [2.45, 2.75) is 26.7 Å². The molecule has 0 aliphatic heterocycles. The number of hydrogen-bond donors (Lipinski definition) is 1. The quantitative estimate of drug-likeness (QED) is 0.549. The van der Waals surface area contributed by atoms with E-state index in [4.69, 9.17) is 0 Å². The van der Waals surface area contributed by atoms with Crippen molar-refractivity contribution < 1.29 is 0 Å². The molecular formula is C7H15N. The Balaban J connectivity index is 2.72. The Bertz CT molecular complexity index is 57.4. The first kappa shape index (κ1) is 7.54. The van der Waals surface area contributed by atoms with Gasteiger partial charge in [0.2, 0.25) is 0 Å². The van der Waals surface area contributed by atoms with Gasteiger partial charge in [0.1, 0.15) is 0 Å². The van der Waals surface area contributed by atoms with Gasteiger partial charge in [0.15, 0.2) is 0 Å². The second-order valence-corrected chi connectivity index (χ2v) is 1.81. The topological polar surface area (TPSA) is 12.0 Å². The largest absolute Gasteiger partial charge is 0.391 e. The van der Waals surface area contributed by atoms with Crippen molar-refractivity contribution >= 4 is 0 Å². The molecule has 0 unspecified atom stereocenters. The van der Waals surface area contributed by atoms with E-state index < -0.39 is 0 Å². The Kier molecular flexibility index (Phi) is 6.16. The molecule has 0 rings (SSSR count). The fraction of sp³-hybridized carbons (Fsp3) is 0.714. The zero-order chi connectivity index (χ0) is 6.24. The van der Waals surface area contributed by atoms with Crippen molar-refractivity contribution in [3.05, 3.63) is 12.3 Å². The first-order valence-electron chi connectivity index (χ1n) is 3.26. The van der Waals surface area contributed by atoms with Crippen LogP contribution in [0.2, 0.25) is 0 Å². The molecule has 8 heavy (non-hydrogen) atoms. The summed E-state index contributed by atoms with van der Waals surface area (Å²) in [5, 5.41) is 3.16. The van der Waals surface area contributed by atoms with Crippen molar-refractivity contribution in [1.29, 1.82) is 0 Å². The van der Waals surface area contributed by atoms with Gasteiger partial charge >= 0.3 is 0 Å². The molecule has 0 heterocycles. The van der Waals surface area contributed by atoms with Gasteiger partial charge in [-0.25, -0.2) is 0 Å². The highest BCUT2D eigenvalue weighted by Gasteiger charge is 1.75. The molecule has 0 aromatic carbocycles. The zero-order valence-corrected chi connectivity index (χ0v) is 5.78. The van der Waals surface area contributed by atoms with Crippen LogP contribution >= 0.6 is 0 Å². The second-order valence-electron chi connectivity index (χ2n) is 1.81. The maximum absolute atomic E-state index is 3.16. The number of nitrogens with one attached hydrogen (secondary N) is 1. The zero-order valence-electron chi connectivity index (χ0n) is 5.78. The van der Waals surface area contributed by atoms with E-state index in [1.54, 1.807) is 0 Å². The fourth-order valence-electron chi connectivity index (χ4n) is 0.480. The molecule has 0 aromatic heterocycles. The lowest BCUT2D eigenvalue weighted by atomic mass is 10.3. The molecule has 1 nitrogen and oxygen atoms in total. The van der Waals surface area contributed by atoms with Crippen LogP contribution in [-0.2, 0) is 0 Å². The number of rotatable bonds is 4. The minimum atomic E-state index is 1.11. The van der Waals surface area contributed by atoms with Gasteiger partial charge in [0.05, 0.1) is 0 Å². The fourth-order valence-corrected chi connectivity index (χ4v) is 0.480. The Labute approximate surface area is 51.8 Å². The lowest BCUT2D eigenvalue weighted by Crippen LogP contribution is -2.05. The second kappa shape index (κ2) is 6.54. The van der Waals surface area contributed by atoms with Crippen LogP contribution in [0.15, 0.2) is 12.3 Å². The third kappa shape index (κ3) is 5.54. The molecule has 0 atom stereocenters. The van der Waals surface area contributed by atoms with Gasteiger partial charge < -0.3 is 5.32 Å². The summed E-state index contributed by atoms with van der Waals surface area (Å²) in [5.74, 6) is 0. The van der Waals surface area contributed by atoms with Gasteiger partial charge in [0.25, 0.3) is 0 Å². The van der Waals surface area contributed by atoms with Crippen LogP contribution in [0, 0.1) is 0 Å². The molecule has 1 N–H and O–H groups in total. The van der Waals surface area contributed by atoms with E-state index in [-0.39, 0.29) is 0 Å². The Morgan fingerprint density at radius 3 is 2.75 bits per heavy atom. The Morgan fingerprint density at radius 2 is 2.25 bits per heavy atom. The third-order valence-electron chi connectivity index (χ3n) is 0.959. The Hall–Kier alpha value is -0.460. The summed E-state index contributed by atoms with van der Waals surface area (Å²) < 4.78 is 0. The van der Waals surface area contributed by atoms with Gasteiger partial charge in [-0.2, -0.15) is 0 Å². The van der Waals surface area contributed by atoms with Crippen LogP contribution < -0.4 is 5.32 Å². The summed E-state index contributed by atoms with van der Waals surface area (Å²) >= 11 is 0. The van der Waals surface area contributed by atoms with Crippen LogP contribution in [0.1, 0.15) is 26.7 Å². The molecule has 0 fully saturated rings. The molecule has 0 aliphatic rings. The highest BCUT2D eigenvalue weighted by Crippen LogP contribution is 1.81. The number of unbranched alkanes of at least 4 members (excludes halogenated alkanes) is 1. The van der Waals surface area contributed by atoms with Crippen LogP contribution in [0.3, 0.4) is 0 Å². The predicted molar refractivity (Wildman–Crippen MR) is 37.7 cm³/mol. The summed E-state index contributed by atoms with van der Waals surface area (Å²) in [7, 11) is 0. The molecule has 0 aromatic rings. The molecular weight excluding hydrogens is 98.1 g/mol. The van der Waals surface area contributed by atoms with Crippen LogP contribution in [0.25, 0.3) is 0 Å². The van der Waals surface area contributed by atoms with E-state index in [0.29, 0.717) is 0 Å². The van der Waals surface area contributed by atoms with Gasteiger partial charge in [-0.3, -0.25) is 0 Å². The first-order chi connectivity index (χ1) is 3.91. The maximum Gasteiger partial charge on any atom is 0.0141 e. The van der Waals surface area contributed by atoms with Crippen LogP contribution in [0.5, 0.6) is 0 Å². The van der Waals surface area contributed by atoms with E-state index in [9.17, 15) is 0 Å². The predicted octanol–water partition coefficient (Wildman–Crippen LogP) is 1.91. The lowest BCUT2D eigenvalue weighted by Gasteiger charge is -1.94. The van der Waals surface area contributed by atoms with Crippen molar-refractivity contribution in [2.24, 2.45) is 0 Å². The van der Waals surface area contributed by atoms with Crippen molar-refractivity contribution in [2.75, 3.05) is 6.54 Å². The van der Waals surface area contributed by atoms with Gasteiger partial charge in [-0.05, 0) is 19.5 Å². The van der Waals surface area contributed by atoms with Gasteiger partial charge in [-0.15, -0.1) is 0 Å². The SMILES string of the molecule is CC=CNCCCC. The summed E-state index contributed by atoms with van der Waals surface area (Å²) in [4.78, 5) is 0. The summed E-state index contributed by atoms with van der Waals surface area (Å²) in [6.45, 7) is 5.32. The standard InChI is InChI=1S/C7H15N/c1-3-5-7-8-6-4-2/h4,6,8H,3,5,7H2,1-2H3. The highest BCUT2D eigenvalue weighted by molar-refractivity contribution is 4.73. The summed E-state index contributed by atoms with van der Waals surface area (Å²) in [5.41, 5.74) is 0. The minimum Gasteiger partial charge on any atom is -0.391 e. The van der Waals surface area contributed by atoms with Gasteiger partial charge in [-0.1, -0.05) is 19.4 Å². The average molecular weight is 113 g/mol. The Morgan fingerprint density at radius 1 is 1.50 bits per heavy atom. The van der Waals surface area contributed by atoms with Crippen molar-refractivity contribution in [3.8, 4) is 0 Å². The molecule has 0 aliphatic carbocycles. The molecule has 0 saturated heterocycles. The minimum absolute atomic E-state index is 1.11. The monoisotopic (exact) mass is 113 g/mol. The molecule has 0 amide bonds. The van der Waals surface area contributed by atoms with E-state index >= 15 is 0 Å².